The maximum atomic E-state index is 12.7. The van der Waals surface area contributed by atoms with Crippen molar-refractivity contribution in [1.82, 2.24) is 19.8 Å². The Morgan fingerprint density at radius 1 is 1.03 bits per heavy atom. The molecule has 0 saturated carbocycles. The summed E-state index contributed by atoms with van der Waals surface area (Å²) in [6, 6.07) is 16.3. The molecule has 1 saturated heterocycles. The van der Waals surface area contributed by atoms with Crippen molar-refractivity contribution in [2.45, 2.75) is 32.5 Å². The van der Waals surface area contributed by atoms with Crippen molar-refractivity contribution < 1.29 is 4.79 Å². The molecule has 6 heteroatoms. The quantitative estimate of drug-likeness (QED) is 0.623. The lowest BCUT2D eigenvalue weighted by Gasteiger charge is -2.32. The SMILES string of the molecule is O=C(NCc1ccc(Cn2ccnc2)cc1)C1CCCN(Cc2ccc(Cl)cc2)C1. The Kier molecular flexibility index (Phi) is 6.82. The Balaban J connectivity index is 1.25. The lowest BCUT2D eigenvalue weighted by molar-refractivity contribution is -0.126. The molecule has 4 rings (SSSR count). The zero-order valence-corrected chi connectivity index (χ0v) is 17.8. The summed E-state index contributed by atoms with van der Waals surface area (Å²) in [5, 5.41) is 3.88. The van der Waals surface area contributed by atoms with Gasteiger partial charge in [-0.25, -0.2) is 4.98 Å². The van der Waals surface area contributed by atoms with E-state index in [0.717, 1.165) is 49.6 Å². The van der Waals surface area contributed by atoms with Gasteiger partial charge in [-0.3, -0.25) is 9.69 Å². The van der Waals surface area contributed by atoms with Crippen molar-refractivity contribution in [3.05, 3.63) is 89.0 Å². The van der Waals surface area contributed by atoms with Crippen LogP contribution >= 0.6 is 11.6 Å². The van der Waals surface area contributed by atoms with E-state index in [4.69, 9.17) is 11.6 Å². The van der Waals surface area contributed by atoms with E-state index in [1.165, 1.54) is 11.1 Å². The second-order valence-electron chi connectivity index (χ2n) is 7.97. The molecule has 1 amide bonds. The van der Waals surface area contributed by atoms with Crippen molar-refractivity contribution in [2.75, 3.05) is 13.1 Å². The minimum Gasteiger partial charge on any atom is -0.352 e. The molecule has 2 heterocycles. The minimum atomic E-state index is 0.0477. The lowest BCUT2D eigenvalue weighted by atomic mass is 9.96. The summed E-state index contributed by atoms with van der Waals surface area (Å²) in [4.78, 5) is 19.2. The van der Waals surface area contributed by atoms with Crippen molar-refractivity contribution in [1.29, 1.82) is 0 Å². The van der Waals surface area contributed by atoms with Crippen LogP contribution in [0, 0.1) is 5.92 Å². The predicted octanol–water partition coefficient (Wildman–Crippen LogP) is 4.11. The van der Waals surface area contributed by atoms with Crippen LogP contribution in [0.25, 0.3) is 0 Å². The van der Waals surface area contributed by atoms with E-state index in [-0.39, 0.29) is 11.8 Å². The van der Waals surface area contributed by atoms with Crippen LogP contribution in [0.3, 0.4) is 0 Å². The van der Waals surface area contributed by atoms with Gasteiger partial charge in [-0.15, -0.1) is 0 Å². The Morgan fingerprint density at radius 3 is 2.47 bits per heavy atom. The summed E-state index contributed by atoms with van der Waals surface area (Å²) in [7, 11) is 0. The van der Waals surface area contributed by atoms with E-state index in [2.05, 4.69) is 51.6 Å². The van der Waals surface area contributed by atoms with Crippen LogP contribution in [0.4, 0.5) is 0 Å². The highest BCUT2D eigenvalue weighted by Gasteiger charge is 2.25. The molecule has 0 radical (unpaired) electrons. The monoisotopic (exact) mass is 422 g/mol. The van der Waals surface area contributed by atoms with Crippen LogP contribution in [-0.2, 0) is 24.4 Å². The predicted molar refractivity (Wildman–Crippen MR) is 119 cm³/mol. The third-order valence-corrected chi connectivity index (χ3v) is 5.86. The fraction of sp³-hybridized carbons (Fsp3) is 0.333. The number of nitrogens with zero attached hydrogens (tertiary/aromatic N) is 3. The number of halogens is 1. The van der Waals surface area contributed by atoms with Crippen molar-refractivity contribution in [2.24, 2.45) is 5.92 Å². The van der Waals surface area contributed by atoms with Gasteiger partial charge in [0, 0.05) is 43.6 Å². The van der Waals surface area contributed by atoms with Crippen LogP contribution in [0.2, 0.25) is 5.02 Å². The molecule has 1 aliphatic heterocycles. The van der Waals surface area contributed by atoms with Gasteiger partial charge in [0.15, 0.2) is 0 Å². The molecule has 0 bridgehead atoms. The molecule has 5 nitrogen and oxygen atoms in total. The number of piperidine rings is 1. The molecule has 1 aliphatic rings. The number of carbonyl (C=O) groups is 1. The fourth-order valence-corrected chi connectivity index (χ4v) is 4.07. The summed E-state index contributed by atoms with van der Waals surface area (Å²) in [5.41, 5.74) is 3.57. The third kappa shape index (κ3) is 5.71. The molecule has 1 aromatic heterocycles. The molecule has 1 unspecified atom stereocenters. The number of rotatable bonds is 7. The van der Waals surface area contributed by atoms with Gasteiger partial charge in [0.25, 0.3) is 0 Å². The number of imidazole rings is 1. The van der Waals surface area contributed by atoms with Crippen LogP contribution in [0.5, 0.6) is 0 Å². The van der Waals surface area contributed by atoms with Gasteiger partial charge in [-0.2, -0.15) is 0 Å². The Bertz CT molecular complexity index is 938. The molecular formula is C24H27ClN4O. The standard InChI is InChI=1S/C24H27ClN4O/c25-23-9-7-21(8-10-23)15-28-12-1-2-22(17-28)24(30)27-14-19-3-5-20(6-4-19)16-29-13-11-26-18-29/h3-11,13,18,22H,1-2,12,14-17H2,(H,27,30). The van der Waals surface area contributed by atoms with E-state index in [1.807, 2.05) is 29.2 Å². The number of nitrogens with one attached hydrogen (secondary N) is 1. The smallest absolute Gasteiger partial charge is 0.224 e. The summed E-state index contributed by atoms with van der Waals surface area (Å²) < 4.78 is 2.04. The van der Waals surface area contributed by atoms with Gasteiger partial charge < -0.3 is 9.88 Å². The first-order chi connectivity index (χ1) is 14.7. The molecule has 1 fully saturated rings. The number of carbonyl (C=O) groups excluding carboxylic acids is 1. The molecular weight excluding hydrogens is 396 g/mol. The van der Waals surface area contributed by atoms with Crippen LogP contribution < -0.4 is 5.32 Å². The average Bonchev–Trinajstić information content (AvgIpc) is 3.28. The average molecular weight is 423 g/mol. The topological polar surface area (TPSA) is 50.2 Å². The molecule has 156 valence electrons. The summed E-state index contributed by atoms with van der Waals surface area (Å²) in [6.45, 7) is 4.07. The molecule has 1 N–H and O–H groups in total. The first-order valence-electron chi connectivity index (χ1n) is 10.4. The fourth-order valence-electron chi connectivity index (χ4n) is 3.95. The van der Waals surface area contributed by atoms with Crippen molar-refractivity contribution in [3.8, 4) is 0 Å². The summed E-state index contributed by atoms with van der Waals surface area (Å²) >= 11 is 5.97. The van der Waals surface area contributed by atoms with Crippen LogP contribution in [0.15, 0.2) is 67.3 Å². The molecule has 0 spiro atoms. The number of amides is 1. The third-order valence-electron chi connectivity index (χ3n) is 5.61. The molecule has 30 heavy (non-hydrogen) atoms. The first kappa shape index (κ1) is 20.6. The number of likely N-dealkylation sites (tertiary alicyclic amines) is 1. The van der Waals surface area contributed by atoms with E-state index in [9.17, 15) is 4.79 Å². The molecule has 3 aromatic rings. The highest BCUT2D eigenvalue weighted by Crippen LogP contribution is 2.20. The van der Waals surface area contributed by atoms with E-state index >= 15 is 0 Å². The van der Waals surface area contributed by atoms with Crippen LogP contribution in [-0.4, -0.2) is 33.4 Å². The van der Waals surface area contributed by atoms with E-state index < -0.39 is 0 Å². The zero-order chi connectivity index (χ0) is 20.8. The van der Waals surface area contributed by atoms with Crippen molar-refractivity contribution in [3.63, 3.8) is 0 Å². The van der Waals surface area contributed by atoms with E-state index in [0.29, 0.717) is 6.54 Å². The molecule has 2 aromatic carbocycles. The minimum absolute atomic E-state index is 0.0477. The number of benzene rings is 2. The van der Waals surface area contributed by atoms with Gasteiger partial charge >= 0.3 is 0 Å². The summed E-state index contributed by atoms with van der Waals surface area (Å²) in [6.07, 6.45) is 7.55. The highest BCUT2D eigenvalue weighted by molar-refractivity contribution is 6.30. The summed E-state index contributed by atoms with van der Waals surface area (Å²) in [5.74, 6) is 0.199. The Hall–Kier alpha value is -2.63. The second-order valence-corrected chi connectivity index (χ2v) is 8.41. The Labute approximate surface area is 182 Å². The molecule has 0 aliphatic carbocycles. The van der Waals surface area contributed by atoms with Gasteiger partial charge in [0.05, 0.1) is 12.2 Å². The highest BCUT2D eigenvalue weighted by atomic mass is 35.5. The second kappa shape index (κ2) is 9.92. The largest absolute Gasteiger partial charge is 0.352 e. The Morgan fingerprint density at radius 2 is 1.73 bits per heavy atom. The normalized spacial score (nSPS) is 17.0. The zero-order valence-electron chi connectivity index (χ0n) is 17.0. The maximum Gasteiger partial charge on any atom is 0.224 e. The van der Waals surface area contributed by atoms with Gasteiger partial charge in [0.2, 0.25) is 5.91 Å². The molecule has 1 atom stereocenters. The number of aromatic nitrogens is 2. The van der Waals surface area contributed by atoms with Crippen molar-refractivity contribution >= 4 is 17.5 Å². The van der Waals surface area contributed by atoms with Gasteiger partial charge in [-0.05, 0) is 48.2 Å². The maximum absolute atomic E-state index is 12.7. The van der Waals surface area contributed by atoms with Gasteiger partial charge in [-0.1, -0.05) is 48.0 Å². The number of hydrogen-bond donors (Lipinski definition) is 1. The van der Waals surface area contributed by atoms with Crippen LogP contribution in [0.1, 0.15) is 29.5 Å². The van der Waals surface area contributed by atoms with Gasteiger partial charge in [0.1, 0.15) is 0 Å². The lowest BCUT2D eigenvalue weighted by Crippen LogP contribution is -2.42. The first-order valence-corrected chi connectivity index (χ1v) is 10.8. The number of hydrogen-bond acceptors (Lipinski definition) is 3. The van der Waals surface area contributed by atoms with E-state index in [1.54, 1.807) is 6.20 Å².